The Kier molecular flexibility index (Phi) is 2.84. The van der Waals surface area contributed by atoms with E-state index in [2.05, 4.69) is 26.2 Å². The summed E-state index contributed by atoms with van der Waals surface area (Å²) in [6.45, 7) is 0.737. The fraction of sp³-hybridized carbons (Fsp3) is 0.100. The van der Waals surface area contributed by atoms with Crippen LogP contribution in [0.25, 0.3) is 0 Å². The van der Waals surface area contributed by atoms with E-state index >= 15 is 0 Å². The SMILES string of the molecule is Brc1ncccc1NCc1ccoc1. The molecular formula is C10H9BrN2O. The quantitative estimate of drug-likeness (QED) is 0.854. The van der Waals surface area contributed by atoms with Crippen LogP contribution >= 0.6 is 15.9 Å². The highest BCUT2D eigenvalue weighted by atomic mass is 79.9. The van der Waals surface area contributed by atoms with Gasteiger partial charge in [-0.15, -0.1) is 0 Å². The molecule has 0 aliphatic rings. The van der Waals surface area contributed by atoms with Gasteiger partial charge in [-0.25, -0.2) is 4.98 Å². The molecule has 0 atom stereocenters. The van der Waals surface area contributed by atoms with E-state index in [9.17, 15) is 0 Å². The molecule has 14 heavy (non-hydrogen) atoms. The second kappa shape index (κ2) is 4.28. The predicted molar refractivity (Wildman–Crippen MR) is 58.0 cm³/mol. The second-order valence-corrected chi connectivity index (χ2v) is 3.58. The molecular weight excluding hydrogens is 244 g/mol. The average molecular weight is 253 g/mol. The van der Waals surface area contributed by atoms with Crippen molar-refractivity contribution in [3.8, 4) is 0 Å². The maximum Gasteiger partial charge on any atom is 0.129 e. The van der Waals surface area contributed by atoms with Crippen molar-refractivity contribution in [3.05, 3.63) is 47.1 Å². The van der Waals surface area contributed by atoms with Gasteiger partial charge in [0.15, 0.2) is 0 Å². The summed E-state index contributed by atoms with van der Waals surface area (Å²) in [5.74, 6) is 0. The van der Waals surface area contributed by atoms with Gasteiger partial charge in [-0.1, -0.05) is 0 Å². The molecule has 0 aliphatic carbocycles. The molecule has 72 valence electrons. The number of anilines is 1. The van der Waals surface area contributed by atoms with Crippen LogP contribution in [0.3, 0.4) is 0 Å². The fourth-order valence-corrected chi connectivity index (χ4v) is 1.50. The summed E-state index contributed by atoms with van der Waals surface area (Å²) < 4.78 is 5.79. The Morgan fingerprint density at radius 3 is 3.07 bits per heavy atom. The van der Waals surface area contributed by atoms with Crippen molar-refractivity contribution in [2.24, 2.45) is 0 Å². The van der Waals surface area contributed by atoms with Crippen molar-refractivity contribution in [1.29, 1.82) is 0 Å². The molecule has 4 heteroatoms. The van der Waals surface area contributed by atoms with Crippen molar-refractivity contribution in [3.63, 3.8) is 0 Å². The topological polar surface area (TPSA) is 38.1 Å². The van der Waals surface area contributed by atoms with Crippen molar-refractivity contribution in [2.45, 2.75) is 6.54 Å². The molecule has 0 saturated carbocycles. The summed E-state index contributed by atoms with van der Waals surface area (Å²) in [6, 6.07) is 5.79. The summed E-state index contributed by atoms with van der Waals surface area (Å²) in [5, 5.41) is 3.25. The van der Waals surface area contributed by atoms with Gasteiger partial charge in [0.05, 0.1) is 18.2 Å². The highest BCUT2D eigenvalue weighted by molar-refractivity contribution is 9.10. The van der Waals surface area contributed by atoms with E-state index in [1.807, 2.05) is 18.2 Å². The lowest BCUT2D eigenvalue weighted by atomic mass is 10.3. The summed E-state index contributed by atoms with van der Waals surface area (Å²) in [7, 11) is 0. The largest absolute Gasteiger partial charge is 0.472 e. The molecule has 2 rings (SSSR count). The van der Waals surface area contributed by atoms with Crippen LogP contribution in [0.15, 0.2) is 45.9 Å². The molecule has 0 spiro atoms. The maximum atomic E-state index is 4.97. The number of hydrogen-bond donors (Lipinski definition) is 1. The third kappa shape index (κ3) is 2.14. The van der Waals surface area contributed by atoms with Gasteiger partial charge < -0.3 is 9.73 Å². The number of halogens is 1. The van der Waals surface area contributed by atoms with Crippen molar-refractivity contribution in [2.75, 3.05) is 5.32 Å². The molecule has 2 aromatic heterocycles. The van der Waals surface area contributed by atoms with Crippen molar-refractivity contribution < 1.29 is 4.42 Å². The summed E-state index contributed by atoms with van der Waals surface area (Å²) >= 11 is 3.36. The maximum absolute atomic E-state index is 4.97. The number of rotatable bonds is 3. The molecule has 0 aromatic carbocycles. The Morgan fingerprint density at radius 2 is 2.36 bits per heavy atom. The minimum Gasteiger partial charge on any atom is -0.472 e. The van der Waals surface area contributed by atoms with E-state index in [1.165, 1.54) is 0 Å². The van der Waals surface area contributed by atoms with Gasteiger partial charge in [0.2, 0.25) is 0 Å². The van der Waals surface area contributed by atoms with Crippen LogP contribution in [0.5, 0.6) is 0 Å². The first-order valence-electron chi connectivity index (χ1n) is 4.22. The van der Waals surface area contributed by atoms with Crippen LogP contribution in [0, 0.1) is 0 Å². The van der Waals surface area contributed by atoms with Crippen molar-refractivity contribution >= 4 is 21.6 Å². The third-order valence-corrected chi connectivity index (χ3v) is 2.45. The Hall–Kier alpha value is -1.29. The smallest absolute Gasteiger partial charge is 0.129 e. The van der Waals surface area contributed by atoms with Crippen LogP contribution in [-0.2, 0) is 6.54 Å². The monoisotopic (exact) mass is 252 g/mol. The third-order valence-electron chi connectivity index (χ3n) is 1.82. The Labute approximate surface area is 90.3 Å². The minimum absolute atomic E-state index is 0.737. The van der Waals surface area contributed by atoms with Gasteiger partial charge in [-0.05, 0) is 34.1 Å². The number of nitrogens with one attached hydrogen (secondary N) is 1. The second-order valence-electron chi connectivity index (χ2n) is 2.83. The lowest BCUT2D eigenvalue weighted by Crippen LogP contribution is -1.99. The molecule has 0 unspecified atom stereocenters. The Bertz CT molecular complexity index is 400. The van der Waals surface area contributed by atoms with Crippen LogP contribution in [0.1, 0.15) is 5.56 Å². The van der Waals surface area contributed by atoms with Crippen LogP contribution in [0.2, 0.25) is 0 Å². The molecule has 1 N–H and O–H groups in total. The summed E-state index contributed by atoms with van der Waals surface area (Å²) in [4.78, 5) is 4.11. The van der Waals surface area contributed by atoms with E-state index in [-0.39, 0.29) is 0 Å². The molecule has 3 nitrogen and oxygen atoms in total. The number of furan rings is 1. The van der Waals surface area contributed by atoms with E-state index in [0.29, 0.717) is 0 Å². The number of hydrogen-bond acceptors (Lipinski definition) is 3. The lowest BCUT2D eigenvalue weighted by molar-refractivity contribution is 0.564. The first-order valence-corrected chi connectivity index (χ1v) is 5.01. The van der Waals surface area contributed by atoms with Crippen LogP contribution in [0.4, 0.5) is 5.69 Å². The molecule has 2 aromatic rings. The van der Waals surface area contributed by atoms with Crippen molar-refractivity contribution in [1.82, 2.24) is 4.98 Å². The zero-order chi connectivity index (χ0) is 9.80. The van der Waals surface area contributed by atoms with Gasteiger partial charge >= 0.3 is 0 Å². The molecule has 0 saturated heterocycles. The molecule has 0 amide bonds. The summed E-state index contributed by atoms with van der Waals surface area (Å²) in [6.07, 6.45) is 5.12. The van der Waals surface area contributed by atoms with E-state index in [0.717, 1.165) is 22.4 Å². The van der Waals surface area contributed by atoms with Gasteiger partial charge in [0, 0.05) is 18.3 Å². The summed E-state index contributed by atoms with van der Waals surface area (Å²) in [5.41, 5.74) is 2.09. The number of pyridine rings is 1. The predicted octanol–water partition coefficient (Wildman–Crippen LogP) is 3.05. The Balaban J connectivity index is 2.02. The molecule has 2 heterocycles. The highest BCUT2D eigenvalue weighted by Crippen LogP contribution is 2.18. The van der Waals surface area contributed by atoms with E-state index in [4.69, 9.17) is 4.42 Å². The highest BCUT2D eigenvalue weighted by Gasteiger charge is 1.99. The minimum atomic E-state index is 0.737. The van der Waals surface area contributed by atoms with Crippen LogP contribution < -0.4 is 5.32 Å². The molecule has 0 aliphatic heterocycles. The normalized spacial score (nSPS) is 10.1. The molecule has 0 bridgehead atoms. The zero-order valence-corrected chi connectivity index (χ0v) is 8.99. The van der Waals surface area contributed by atoms with E-state index < -0.39 is 0 Å². The molecule has 0 fully saturated rings. The fourth-order valence-electron chi connectivity index (χ4n) is 1.11. The van der Waals surface area contributed by atoms with Crippen LogP contribution in [-0.4, -0.2) is 4.98 Å². The molecule has 0 radical (unpaired) electrons. The Morgan fingerprint density at radius 1 is 1.43 bits per heavy atom. The first kappa shape index (κ1) is 9.27. The lowest BCUT2D eigenvalue weighted by Gasteiger charge is -2.05. The number of aromatic nitrogens is 1. The van der Waals surface area contributed by atoms with E-state index in [1.54, 1.807) is 18.7 Å². The zero-order valence-electron chi connectivity index (χ0n) is 7.40. The average Bonchev–Trinajstić information content (AvgIpc) is 2.69. The van der Waals surface area contributed by atoms with Gasteiger partial charge in [-0.3, -0.25) is 0 Å². The number of nitrogens with zero attached hydrogens (tertiary/aromatic N) is 1. The van der Waals surface area contributed by atoms with Gasteiger partial charge in [-0.2, -0.15) is 0 Å². The van der Waals surface area contributed by atoms with Gasteiger partial charge in [0.1, 0.15) is 4.60 Å². The first-order chi connectivity index (χ1) is 6.86. The standard InChI is InChI=1S/C10H9BrN2O/c11-10-9(2-1-4-12-10)13-6-8-3-5-14-7-8/h1-5,7,13H,6H2. The van der Waals surface area contributed by atoms with Gasteiger partial charge in [0.25, 0.3) is 0 Å².